The lowest BCUT2D eigenvalue weighted by Crippen LogP contribution is -2.28. The molecule has 10 heteroatoms. The van der Waals surface area contributed by atoms with Gasteiger partial charge in [0, 0.05) is 37.6 Å². The van der Waals surface area contributed by atoms with Gasteiger partial charge in [-0.2, -0.15) is 10.1 Å². The molecule has 0 spiro atoms. The Hall–Kier alpha value is -3.79. The summed E-state index contributed by atoms with van der Waals surface area (Å²) in [6, 6.07) is 9.27. The van der Waals surface area contributed by atoms with Crippen molar-refractivity contribution in [2.75, 3.05) is 18.5 Å². The van der Waals surface area contributed by atoms with Crippen LogP contribution in [0.15, 0.2) is 47.2 Å². The Balaban J connectivity index is 1.41. The van der Waals surface area contributed by atoms with Crippen molar-refractivity contribution in [1.29, 1.82) is 0 Å². The van der Waals surface area contributed by atoms with Gasteiger partial charge in [-0.15, -0.1) is 0 Å². The number of fused-ring (bicyclic) bond motifs is 1. The third-order valence-electron chi connectivity index (χ3n) is 5.68. The number of carbonyl (C=O) groups is 1. The molecule has 10 nitrogen and oxygen atoms in total. The van der Waals surface area contributed by atoms with Gasteiger partial charge in [-0.3, -0.25) is 4.79 Å². The Labute approximate surface area is 190 Å². The van der Waals surface area contributed by atoms with E-state index in [1.165, 1.54) is 0 Å². The maximum absolute atomic E-state index is 12.3. The Bertz CT molecular complexity index is 1250. The van der Waals surface area contributed by atoms with Gasteiger partial charge in [-0.05, 0) is 31.9 Å². The first-order valence-electron chi connectivity index (χ1n) is 11.1. The Kier molecular flexibility index (Phi) is 5.99. The summed E-state index contributed by atoms with van der Waals surface area (Å²) in [5.74, 6) is 0.529. The first-order valence-corrected chi connectivity index (χ1v) is 11.1. The monoisotopic (exact) mass is 447 g/mol. The number of nitrogens with zero attached hydrogens (tertiary/aromatic N) is 5. The van der Waals surface area contributed by atoms with Crippen LogP contribution < -0.4 is 10.6 Å². The van der Waals surface area contributed by atoms with Crippen LogP contribution in [0.2, 0.25) is 0 Å². The van der Waals surface area contributed by atoms with E-state index in [2.05, 4.69) is 30.9 Å². The molecule has 0 atom stereocenters. The summed E-state index contributed by atoms with van der Waals surface area (Å²) in [5.41, 5.74) is 2.95. The van der Waals surface area contributed by atoms with Gasteiger partial charge in [0.05, 0.1) is 29.4 Å². The zero-order chi connectivity index (χ0) is 22.6. The summed E-state index contributed by atoms with van der Waals surface area (Å²) in [7, 11) is 0. The topological polar surface area (TPSA) is 120 Å². The number of carbonyl (C=O) groups excluding carboxylic acids is 1. The van der Waals surface area contributed by atoms with Crippen molar-refractivity contribution in [3.63, 3.8) is 0 Å². The van der Waals surface area contributed by atoms with E-state index in [0.717, 1.165) is 49.3 Å². The molecular weight excluding hydrogens is 422 g/mol. The van der Waals surface area contributed by atoms with Crippen LogP contribution in [0.3, 0.4) is 0 Å². The quantitative estimate of drug-likeness (QED) is 0.444. The van der Waals surface area contributed by atoms with E-state index >= 15 is 0 Å². The number of hydrogen-bond donors (Lipinski definition) is 2. The summed E-state index contributed by atoms with van der Waals surface area (Å²) in [6.45, 7) is 4.35. The second kappa shape index (κ2) is 9.37. The molecule has 33 heavy (non-hydrogen) atoms. The van der Waals surface area contributed by atoms with Crippen LogP contribution in [0.25, 0.3) is 22.5 Å². The molecule has 1 aromatic carbocycles. The molecule has 1 amide bonds. The molecule has 1 aliphatic heterocycles. The molecule has 1 fully saturated rings. The van der Waals surface area contributed by atoms with Crippen molar-refractivity contribution < 1.29 is 14.1 Å². The standard InChI is InChI=1S/C23H25N7O3/c1-2-30-21-17(13-26-30)20(27-16-8-10-32-11-9-16)18(12-24-21)23-28-19(29-33-23)14-25-22(31)15-6-4-3-5-7-15/h3-7,12-13,16H,2,8-11,14H2,1H3,(H,24,27)(H,25,31). The molecule has 2 N–H and O–H groups in total. The smallest absolute Gasteiger partial charge is 0.261 e. The number of nitrogens with one attached hydrogen (secondary N) is 2. The molecule has 170 valence electrons. The fraction of sp³-hybridized carbons (Fsp3) is 0.348. The van der Waals surface area contributed by atoms with Crippen molar-refractivity contribution in [2.24, 2.45) is 0 Å². The van der Waals surface area contributed by atoms with E-state index < -0.39 is 0 Å². The maximum Gasteiger partial charge on any atom is 0.261 e. The number of amides is 1. The summed E-state index contributed by atoms with van der Waals surface area (Å²) in [5, 5.41) is 15.9. The van der Waals surface area contributed by atoms with Gasteiger partial charge in [-0.1, -0.05) is 23.4 Å². The van der Waals surface area contributed by atoms with Gasteiger partial charge >= 0.3 is 0 Å². The average Bonchev–Trinajstić information content (AvgIpc) is 3.51. The molecule has 1 saturated heterocycles. The molecule has 0 saturated carbocycles. The van der Waals surface area contributed by atoms with Gasteiger partial charge in [0.25, 0.3) is 11.8 Å². The molecule has 0 aliphatic carbocycles. The van der Waals surface area contributed by atoms with Crippen LogP contribution in [0.1, 0.15) is 35.9 Å². The summed E-state index contributed by atoms with van der Waals surface area (Å²) in [4.78, 5) is 21.4. The largest absolute Gasteiger partial charge is 0.381 e. The highest BCUT2D eigenvalue weighted by Gasteiger charge is 2.22. The van der Waals surface area contributed by atoms with Gasteiger partial charge in [0.2, 0.25) is 0 Å². The summed E-state index contributed by atoms with van der Waals surface area (Å²) < 4.78 is 12.9. The predicted octanol–water partition coefficient (Wildman–Crippen LogP) is 3.02. The van der Waals surface area contributed by atoms with E-state index in [9.17, 15) is 4.79 Å². The van der Waals surface area contributed by atoms with Crippen molar-refractivity contribution in [2.45, 2.75) is 38.9 Å². The number of ether oxygens (including phenoxy) is 1. The number of aromatic nitrogens is 5. The third-order valence-corrected chi connectivity index (χ3v) is 5.68. The van der Waals surface area contributed by atoms with E-state index in [1.807, 2.05) is 36.0 Å². The second-order valence-corrected chi connectivity index (χ2v) is 7.84. The fourth-order valence-electron chi connectivity index (χ4n) is 3.91. The number of benzene rings is 1. The number of rotatable bonds is 7. The first-order chi connectivity index (χ1) is 16.2. The highest BCUT2D eigenvalue weighted by Crippen LogP contribution is 2.34. The van der Waals surface area contributed by atoms with Crippen LogP contribution in [-0.2, 0) is 17.8 Å². The minimum Gasteiger partial charge on any atom is -0.381 e. The molecular formula is C23H25N7O3. The number of hydrogen-bond acceptors (Lipinski definition) is 8. The highest BCUT2D eigenvalue weighted by molar-refractivity contribution is 5.96. The van der Waals surface area contributed by atoms with E-state index in [-0.39, 0.29) is 18.5 Å². The Morgan fingerprint density at radius 2 is 2.00 bits per heavy atom. The van der Waals surface area contributed by atoms with E-state index in [1.54, 1.807) is 18.3 Å². The maximum atomic E-state index is 12.3. The summed E-state index contributed by atoms with van der Waals surface area (Å²) >= 11 is 0. The molecule has 1 aliphatic rings. The molecule has 0 unspecified atom stereocenters. The van der Waals surface area contributed by atoms with Crippen molar-refractivity contribution in [3.8, 4) is 11.5 Å². The van der Waals surface area contributed by atoms with Crippen LogP contribution >= 0.6 is 0 Å². The first kappa shape index (κ1) is 21.1. The van der Waals surface area contributed by atoms with Gasteiger partial charge in [-0.25, -0.2) is 9.67 Å². The number of anilines is 1. The van der Waals surface area contributed by atoms with Gasteiger partial charge < -0.3 is 19.9 Å². The van der Waals surface area contributed by atoms with Crippen LogP contribution in [0.5, 0.6) is 0 Å². The number of pyridine rings is 1. The van der Waals surface area contributed by atoms with Crippen LogP contribution in [-0.4, -0.2) is 50.1 Å². The van der Waals surface area contributed by atoms with Gasteiger partial charge in [0.15, 0.2) is 11.5 Å². The average molecular weight is 447 g/mol. The van der Waals surface area contributed by atoms with Crippen LogP contribution in [0, 0.1) is 0 Å². The predicted molar refractivity (Wildman–Crippen MR) is 122 cm³/mol. The molecule has 0 bridgehead atoms. The lowest BCUT2D eigenvalue weighted by atomic mass is 10.1. The van der Waals surface area contributed by atoms with Crippen LogP contribution in [0.4, 0.5) is 5.69 Å². The highest BCUT2D eigenvalue weighted by atomic mass is 16.5. The zero-order valence-corrected chi connectivity index (χ0v) is 18.3. The number of aryl methyl sites for hydroxylation is 1. The molecule has 0 radical (unpaired) electrons. The van der Waals surface area contributed by atoms with E-state index in [0.29, 0.717) is 22.8 Å². The SMILES string of the molecule is CCn1ncc2c(NC3CCOCC3)c(-c3nc(CNC(=O)c4ccccc4)no3)cnc21. The summed E-state index contributed by atoms with van der Waals surface area (Å²) in [6.07, 6.45) is 5.36. The molecule has 4 heterocycles. The van der Waals surface area contributed by atoms with Crippen molar-refractivity contribution >= 4 is 22.6 Å². The minimum atomic E-state index is -0.195. The van der Waals surface area contributed by atoms with Crippen molar-refractivity contribution in [1.82, 2.24) is 30.2 Å². The lowest BCUT2D eigenvalue weighted by molar-refractivity contribution is 0.0904. The molecule has 3 aromatic heterocycles. The molecule has 5 rings (SSSR count). The Morgan fingerprint density at radius 1 is 1.18 bits per heavy atom. The minimum absolute atomic E-state index is 0.156. The normalized spacial score (nSPS) is 14.5. The van der Waals surface area contributed by atoms with Gasteiger partial charge in [0.1, 0.15) is 0 Å². The lowest BCUT2D eigenvalue weighted by Gasteiger charge is -2.25. The fourth-order valence-corrected chi connectivity index (χ4v) is 3.91. The molecule has 4 aromatic rings. The zero-order valence-electron chi connectivity index (χ0n) is 18.3. The van der Waals surface area contributed by atoms with E-state index in [4.69, 9.17) is 9.26 Å². The third kappa shape index (κ3) is 4.42. The second-order valence-electron chi connectivity index (χ2n) is 7.84. The Morgan fingerprint density at radius 3 is 2.79 bits per heavy atom. The van der Waals surface area contributed by atoms with Crippen molar-refractivity contribution in [3.05, 3.63) is 54.1 Å².